The van der Waals surface area contributed by atoms with E-state index in [-0.39, 0.29) is 17.4 Å². The standard InChI is InChI=1S/C10H13N7O2S2/c1-2-16-6-12-15-7(16)5-13-21(18,19)9-8(11)14-10-17(9)3-4-20-10/h3-4,6,13H,2,5,11H2,1H3. The highest BCUT2D eigenvalue weighted by molar-refractivity contribution is 7.89. The molecule has 3 aromatic rings. The van der Waals surface area contributed by atoms with E-state index in [4.69, 9.17) is 5.73 Å². The van der Waals surface area contributed by atoms with Gasteiger partial charge in [-0.3, -0.25) is 4.40 Å². The van der Waals surface area contributed by atoms with Crippen LogP contribution < -0.4 is 10.5 Å². The van der Waals surface area contributed by atoms with Crippen LogP contribution in [-0.4, -0.2) is 32.6 Å². The molecule has 3 heterocycles. The molecule has 0 amide bonds. The maximum Gasteiger partial charge on any atom is 0.260 e. The molecule has 11 heteroatoms. The molecule has 0 bridgehead atoms. The average molecular weight is 327 g/mol. The van der Waals surface area contributed by atoms with E-state index in [9.17, 15) is 8.42 Å². The Morgan fingerprint density at radius 1 is 1.48 bits per heavy atom. The van der Waals surface area contributed by atoms with Crippen LogP contribution in [0, 0.1) is 0 Å². The summed E-state index contributed by atoms with van der Waals surface area (Å²) in [4.78, 5) is 4.56. The van der Waals surface area contributed by atoms with Gasteiger partial charge in [0.05, 0.1) is 6.54 Å². The third-order valence-electron chi connectivity index (χ3n) is 2.95. The molecule has 0 fully saturated rings. The van der Waals surface area contributed by atoms with Crippen molar-refractivity contribution in [2.24, 2.45) is 0 Å². The number of rotatable bonds is 5. The molecule has 0 unspecified atom stereocenters. The number of nitrogens with one attached hydrogen (secondary N) is 1. The summed E-state index contributed by atoms with van der Waals surface area (Å²) in [6.07, 6.45) is 3.17. The van der Waals surface area contributed by atoms with E-state index in [1.165, 1.54) is 15.7 Å². The van der Waals surface area contributed by atoms with E-state index < -0.39 is 10.0 Å². The third kappa shape index (κ3) is 2.39. The van der Waals surface area contributed by atoms with Crippen LogP contribution >= 0.6 is 11.3 Å². The van der Waals surface area contributed by atoms with Crippen LogP contribution in [0.1, 0.15) is 12.7 Å². The normalized spacial score (nSPS) is 12.2. The van der Waals surface area contributed by atoms with Crippen molar-refractivity contribution >= 4 is 32.1 Å². The number of hydrogen-bond acceptors (Lipinski definition) is 7. The Bertz CT molecular complexity index is 876. The van der Waals surface area contributed by atoms with E-state index >= 15 is 0 Å². The van der Waals surface area contributed by atoms with Crippen LogP contribution in [0.5, 0.6) is 0 Å². The summed E-state index contributed by atoms with van der Waals surface area (Å²) < 4.78 is 30.5. The average Bonchev–Trinajstić information content (AvgIpc) is 3.10. The van der Waals surface area contributed by atoms with Gasteiger partial charge in [0.25, 0.3) is 10.0 Å². The van der Waals surface area contributed by atoms with Gasteiger partial charge in [-0.05, 0) is 6.92 Å². The molecule has 9 nitrogen and oxygen atoms in total. The smallest absolute Gasteiger partial charge is 0.260 e. The molecule has 3 aromatic heterocycles. The second kappa shape index (κ2) is 5.09. The number of fused-ring (bicyclic) bond motifs is 1. The van der Waals surface area contributed by atoms with Crippen LogP contribution in [0.3, 0.4) is 0 Å². The van der Waals surface area contributed by atoms with Gasteiger partial charge in [0.2, 0.25) is 0 Å². The number of imidazole rings is 1. The number of thiazole rings is 1. The Morgan fingerprint density at radius 3 is 3.05 bits per heavy atom. The Kier molecular flexibility index (Phi) is 3.39. The Morgan fingerprint density at radius 2 is 2.29 bits per heavy atom. The van der Waals surface area contributed by atoms with Gasteiger partial charge in [-0.15, -0.1) is 21.5 Å². The lowest BCUT2D eigenvalue weighted by Crippen LogP contribution is -2.26. The van der Waals surface area contributed by atoms with Gasteiger partial charge < -0.3 is 10.3 Å². The fourth-order valence-electron chi connectivity index (χ4n) is 1.96. The molecule has 21 heavy (non-hydrogen) atoms. The minimum absolute atomic E-state index is 0.0219. The molecular formula is C10H13N7O2S2. The highest BCUT2D eigenvalue weighted by atomic mass is 32.2. The molecule has 0 saturated heterocycles. The second-order valence-electron chi connectivity index (χ2n) is 4.22. The minimum atomic E-state index is -3.79. The summed E-state index contributed by atoms with van der Waals surface area (Å²) in [6, 6.07) is 0. The van der Waals surface area contributed by atoms with Gasteiger partial charge in [0, 0.05) is 18.1 Å². The SMILES string of the molecule is CCn1cnnc1CNS(=O)(=O)c1c(N)nc2sccn12. The first-order valence-corrected chi connectivity index (χ1v) is 8.46. The number of nitrogen functional groups attached to an aromatic ring is 1. The monoisotopic (exact) mass is 327 g/mol. The largest absolute Gasteiger partial charge is 0.381 e. The number of aromatic nitrogens is 5. The molecule has 0 aliphatic rings. The zero-order valence-electron chi connectivity index (χ0n) is 11.1. The van der Waals surface area contributed by atoms with Gasteiger partial charge in [0.15, 0.2) is 15.8 Å². The first-order chi connectivity index (χ1) is 10.0. The number of hydrogen-bond donors (Lipinski definition) is 2. The molecule has 0 aromatic carbocycles. The number of nitrogens with two attached hydrogens (primary N) is 1. The lowest BCUT2D eigenvalue weighted by atomic mass is 10.6. The van der Waals surface area contributed by atoms with E-state index in [1.54, 1.807) is 22.5 Å². The Labute approximate surface area is 124 Å². The van der Waals surface area contributed by atoms with Crippen molar-refractivity contribution < 1.29 is 8.42 Å². The summed E-state index contributed by atoms with van der Waals surface area (Å²) in [5.41, 5.74) is 5.71. The lowest BCUT2D eigenvalue weighted by molar-refractivity contribution is 0.571. The molecule has 0 saturated carbocycles. The molecule has 3 N–H and O–H groups in total. The second-order valence-corrected chi connectivity index (χ2v) is 6.77. The highest BCUT2D eigenvalue weighted by Crippen LogP contribution is 2.23. The van der Waals surface area contributed by atoms with Crippen LogP contribution in [0.15, 0.2) is 22.9 Å². The Balaban J connectivity index is 1.90. The van der Waals surface area contributed by atoms with Crippen LogP contribution in [-0.2, 0) is 23.1 Å². The maximum atomic E-state index is 12.4. The Hall–Kier alpha value is -1.98. The van der Waals surface area contributed by atoms with Crippen molar-refractivity contribution in [2.45, 2.75) is 25.0 Å². The first kappa shape index (κ1) is 14.0. The first-order valence-electron chi connectivity index (χ1n) is 6.10. The number of anilines is 1. The van der Waals surface area contributed by atoms with E-state index in [2.05, 4.69) is 19.9 Å². The zero-order valence-corrected chi connectivity index (χ0v) is 12.7. The minimum Gasteiger partial charge on any atom is -0.381 e. The molecular weight excluding hydrogens is 314 g/mol. The number of nitrogens with zero attached hydrogens (tertiary/aromatic N) is 5. The lowest BCUT2D eigenvalue weighted by Gasteiger charge is -2.07. The molecule has 0 aliphatic heterocycles. The highest BCUT2D eigenvalue weighted by Gasteiger charge is 2.24. The van der Waals surface area contributed by atoms with Gasteiger partial charge in [0.1, 0.15) is 12.2 Å². The summed E-state index contributed by atoms with van der Waals surface area (Å²) in [6.45, 7) is 2.62. The third-order valence-corrected chi connectivity index (χ3v) is 5.15. The number of aryl methyl sites for hydroxylation is 1. The summed E-state index contributed by atoms with van der Waals surface area (Å²) in [5.74, 6) is 0.511. The molecule has 0 atom stereocenters. The zero-order chi connectivity index (χ0) is 15.0. The van der Waals surface area contributed by atoms with Gasteiger partial charge in [-0.25, -0.2) is 18.1 Å². The van der Waals surface area contributed by atoms with Crippen molar-refractivity contribution in [2.75, 3.05) is 5.73 Å². The fraction of sp³-hybridized carbons (Fsp3) is 0.300. The molecule has 112 valence electrons. The topological polar surface area (TPSA) is 120 Å². The van der Waals surface area contributed by atoms with Crippen LogP contribution in [0.2, 0.25) is 0 Å². The predicted octanol–water partition coefficient (Wildman–Crippen LogP) is 0.0679. The molecule has 0 radical (unpaired) electrons. The molecule has 0 spiro atoms. The van der Waals surface area contributed by atoms with E-state index in [0.29, 0.717) is 17.3 Å². The van der Waals surface area contributed by atoms with Crippen molar-refractivity contribution in [3.63, 3.8) is 0 Å². The van der Waals surface area contributed by atoms with Gasteiger partial charge in [-0.2, -0.15) is 0 Å². The van der Waals surface area contributed by atoms with Crippen LogP contribution in [0.25, 0.3) is 4.96 Å². The molecule has 3 rings (SSSR count). The van der Waals surface area contributed by atoms with Gasteiger partial charge >= 0.3 is 0 Å². The van der Waals surface area contributed by atoms with Crippen molar-refractivity contribution in [1.82, 2.24) is 28.9 Å². The fourth-order valence-corrected chi connectivity index (χ4v) is 3.92. The van der Waals surface area contributed by atoms with Crippen LogP contribution in [0.4, 0.5) is 5.82 Å². The maximum absolute atomic E-state index is 12.4. The van der Waals surface area contributed by atoms with E-state index in [1.807, 2.05) is 6.92 Å². The predicted molar refractivity (Wildman–Crippen MR) is 77.2 cm³/mol. The summed E-state index contributed by atoms with van der Waals surface area (Å²) in [5, 5.41) is 9.32. The molecule has 0 aliphatic carbocycles. The summed E-state index contributed by atoms with van der Waals surface area (Å²) >= 11 is 1.31. The van der Waals surface area contributed by atoms with Crippen molar-refractivity contribution in [1.29, 1.82) is 0 Å². The summed E-state index contributed by atoms with van der Waals surface area (Å²) in [7, 11) is -3.79. The van der Waals surface area contributed by atoms with E-state index in [0.717, 1.165) is 0 Å². The van der Waals surface area contributed by atoms with Crippen molar-refractivity contribution in [3.8, 4) is 0 Å². The number of sulfonamides is 1. The van der Waals surface area contributed by atoms with Gasteiger partial charge in [-0.1, -0.05) is 0 Å². The van der Waals surface area contributed by atoms with Crippen molar-refractivity contribution in [3.05, 3.63) is 23.7 Å². The quantitative estimate of drug-likeness (QED) is 0.684.